The Bertz CT molecular complexity index is 705. The second-order valence-corrected chi connectivity index (χ2v) is 7.34. The molecule has 0 aliphatic rings. The van der Waals surface area contributed by atoms with Gasteiger partial charge in [0.1, 0.15) is 10.6 Å². The minimum Gasteiger partial charge on any atom is -0.360 e. The number of aromatic nitrogens is 1. The average molecular weight is 359 g/mol. The summed E-state index contributed by atoms with van der Waals surface area (Å²) in [5.74, 6) is 0.307. The molecule has 20 heavy (non-hydrogen) atoms. The molecular weight excluding hydrogens is 344 g/mol. The summed E-state index contributed by atoms with van der Waals surface area (Å²) < 4.78 is 32.2. The normalized spacial score (nSPS) is 12.1. The lowest BCUT2D eigenvalue weighted by molar-refractivity contribution is 0.389. The quantitative estimate of drug-likeness (QED) is 0.842. The molecule has 2 rings (SSSR count). The lowest BCUT2D eigenvalue weighted by Crippen LogP contribution is -2.27. The van der Waals surface area contributed by atoms with E-state index in [0.717, 1.165) is 10.0 Å². The number of benzene rings is 1. The van der Waals surface area contributed by atoms with Crippen LogP contribution in [0.25, 0.3) is 0 Å². The van der Waals surface area contributed by atoms with Gasteiger partial charge in [0.15, 0.2) is 5.76 Å². The van der Waals surface area contributed by atoms with Crippen molar-refractivity contribution in [2.75, 3.05) is 7.05 Å². The summed E-state index contributed by atoms with van der Waals surface area (Å²) in [6.07, 6.45) is 0. The number of rotatable bonds is 4. The summed E-state index contributed by atoms with van der Waals surface area (Å²) in [6.45, 7) is 3.49. The fourth-order valence-corrected chi connectivity index (χ4v) is 3.79. The molecule has 0 fully saturated rings. The van der Waals surface area contributed by atoms with Gasteiger partial charge in [0.2, 0.25) is 10.0 Å². The fourth-order valence-electron chi connectivity index (χ4n) is 1.95. The smallest absolute Gasteiger partial charge is 0.248 e. The van der Waals surface area contributed by atoms with Gasteiger partial charge >= 0.3 is 0 Å². The number of hydrogen-bond donors (Lipinski definition) is 0. The molecule has 0 amide bonds. The highest BCUT2D eigenvalue weighted by Gasteiger charge is 2.28. The van der Waals surface area contributed by atoms with Crippen LogP contribution in [0.1, 0.15) is 17.0 Å². The van der Waals surface area contributed by atoms with E-state index in [1.54, 1.807) is 20.9 Å². The largest absolute Gasteiger partial charge is 0.360 e. The van der Waals surface area contributed by atoms with Crippen LogP contribution in [0.3, 0.4) is 0 Å². The number of nitrogens with zero attached hydrogens (tertiary/aromatic N) is 2. The van der Waals surface area contributed by atoms with Crippen LogP contribution < -0.4 is 0 Å². The van der Waals surface area contributed by atoms with Crippen molar-refractivity contribution in [1.82, 2.24) is 9.46 Å². The van der Waals surface area contributed by atoms with Crippen molar-refractivity contribution in [3.05, 3.63) is 45.8 Å². The molecule has 1 heterocycles. The molecule has 1 aromatic carbocycles. The van der Waals surface area contributed by atoms with Crippen LogP contribution in [0.4, 0.5) is 0 Å². The predicted octanol–water partition coefficient (Wildman–Crippen LogP) is 2.87. The number of aryl methyl sites for hydroxylation is 2. The number of halogens is 1. The highest BCUT2D eigenvalue weighted by atomic mass is 79.9. The third-order valence-electron chi connectivity index (χ3n) is 2.99. The Balaban J connectivity index is 2.34. The van der Waals surface area contributed by atoms with E-state index < -0.39 is 10.0 Å². The van der Waals surface area contributed by atoms with Gasteiger partial charge in [0.05, 0.1) is 0 Å². The molecule has 7 heteroatoms. The Morgan fingerprint density at radius 2 is 1.95 bits per heavy atom. The van der Waals surface area contributed by atoms with Crippen LogP contribution in [0.2, 0.25) is 0 Å². The van der Waals surface area contributed by atoms with E-state index in [0.29, 0.717) is 11.5 Å². The molecule has 1 aromatic heterocycles. The molecule has 0 aliphatic heterocycles. The first-order chi connectivity index (χ1) is 9.34. The van der Waals surface area contributed by atoms with Crippen LogP contribution in [0.15, 0.2) is 38.2 Å². The minimum absolute atomic E-state index is 0.145. The Labute approximate surface area is 126 Å². The Hall–Kier alpha value is -1.18. The first-order valence-corrected chi connectivity index (χ1v) is 8.20. The second kappa shape index (κ2) is 5.67. The minimum atomic E-state index is -3.62. The van der Waals surface area contributed by atoms with Crippen molar-refractivity contribution in [2.45, 2.75) is 25.3 Å². The van der Waals surface area contributed by atoms with Crippen LogP contribution in [-0.4, -0.2) is 24.9 Å². The lowest BCUT2D eigenvalue weighted by Gasteiger charge is -2.17. The van der Waals surface area contributed by atoms with Gasteiger partial charge in [0.25, 0.3) is 0 Å². The van der Waals surface area contributed by atoms with E-state index in [4.69, 9.17) is 4.52 Å². The maximum Gasteiger partial charge on any atom is 0.248 e. The molecule has 0 aliphatic carbocycles. The standard InChI is InChI=1S/C13H15BrN2O3S/c1-9-13(10(2)19-15-9)20(17,18)16(3)8-11-6-4-5-7-12(11)14/h4-7H,8H2,1-3H3. The molecule has 0 atom stereocenters. The molecule has 0 saturated heterocycles. The van der Waals surface area contributed by atoms with E-state index in [2.05, 4.69) is 21.1 Å². The molecule has 0 saturated carbocycles. The Kier molecular flexibility index (Phi) is 4.31. The summed E-state index contributed by atoms with van der Waals surface area (Å²) in [6, 6.07) is 7.52. The van der Waals surface area contributed by atoms with Gasteiger partial charge in [0, 0.05) is 18.1 Å². The van der Waals surface area contributed by atoms with Gasteiger partial charge in [-0.1, -0.05) is 39.3 Å². The molecule has 2 aromatic rings. The predicted molar refractivity (Wildman–Crippen MR) is 78.8 cm³/mol. The number of sulfonamides is 1. The van der Waals surface area contributed by atoms with Gasteiger partial charge in [-0.05, 0) is 25.5 Å². The fraction of sp³-hybridized carbons (Fsp3) is 0.308. The first kappa shape index (κ1) is 15.2. The van der Waals surface area contributed by atoms with E-state index in [-0.39, 0.29) is 11.4 Å². The third kappa shape index (κ3) is 2.79. The van der Waals surface area contributed by atoms with E-state index in [1.807, 2.05) is 24.3 Å². The van der Waals surface area contributed by atoms with E-state index >= 15 is 0 Å². The summed E-state index contributed by atoms with van der Waals surface area (Å²) >= 11 is 3.42. The van der Waals surface area contributed by atoms with E-state index in [9.17, 15) is 8.42 Å². The van der Waals surface area contributed by atoms with Crippen LogP contribution >= 0.6 is 15.9 Å². The maximum atomic E-state index is 12.6. The third-order valence-corrected chi connectivity index (χ3v) is 5.81. The molecular formula is C13H15BrN2O3S. The monoisotopic (exact) mass is 358 g/mol. The molecule has 0 unspecified atom stereocenters. The maximum absolute atomic E-state index is 12.6. The van der Waals surface area contributed by atoms with E-state index in [1.165, 1.54) is 4.31 Å². The molecule has 0 N–H and O–H groups in total. The van der Waals surface area contributed by atoms with Gasteiger partial charge in [-0.15, -0.1) is 0 Å². The zero-order valence-corrected chi connectivity index (χ0v) is 13.8. The molecule has 108 valence electrons. The van der Waals surface area contributed by atoms with Crippen LogP contribution in [0, 0.1) is 13.8 Å². The average Bonchev–Trinajstić information content (AvgIpc) is 2.72. The topological polar surface area (TPSA) is 63.4 Å². The number of hydrogen-bond acceptors (Lipinski definition) is 4. The zero-order valence-electron chi connectivity index (χ0n) is 11.4. The molecule has 0 bridgehead atoms. The summed E-state index contributed by atoms with van der Waals surface area (Å²) in [5, 5.41) is 3.70. The zero-order chi connectivity index (χ0) is 14.9. The first-order valence-electron chi connectivity index (χ1n) is 5.96. The van der Waals surface area contributed by atoms with Crippen LogP contribution in [0.5, 0.6) is 0 Å². The van der Waals surface area contributed by atoms with Gasteiger partial charge in [-0.3, -0.25) is 0 Å². The molecule has 0 spiro atoms. The van der Waals surface area contributed by atoms with Crippen molar-refractivity contribution < 1.29 is 12.9 Å². The second-order valence-electron chi connectivity index (χ2n) is 4.51. The SMILES string of the molecule is Cc1noc(C)c1S(=O)(=O)N(C)Cc1ccccc1Br. The van der Waals surface area contributed by atoms with Crippen molar-refractivity contribution in [1.29, 1.82) is 0 Å². The molecule has 5 nitrogen and oxygen atoms in total. The van der Waals surface area contributed by atoms with Crippen molar-refractivity contribution in [3.8, 4) is 0 Å². The highest BCUT2D eigenvalue weighted by Crippen LogP contribution is 2.25. The van der Waals surface area contributed by atoms with Crippen molar-refractivity contribution in [3.63, 3.8) is 0 Å². The lowest BCUT2D eigenvalue weighted by atomic mass is 10.2. The Morgan fingerprint density at radius 3 is 2.50 bits per heavy atom. The van der Waals surface area contributed by atoms with Gasteiger partial charge in [-0.2, -0.15) is 4.31 Å². The highest BCUT2D eigenvalue weighted by molar-refractivity contribution is 9.10. The summed E-state index contributed by atoms with van der Waals surface area (Å²) in [5.41, 5.74) is 1.27. The molecule has 0 radical (unpaired) electrons. The van der Waals surface area contributed by atoms with Crippen molar-refractivity contribution >= 4 is 26.0 Å². The summed E-state index contributed by atoms with van der Waals surface area (Å²) in [7, 11) is -2.07. The van der Waals surface area contributed by atoms with Gasteiger partial charge in [-0.25, -0.2) is 8.42 Å². The Morgan fingerprint density at radius 1 is 1.30 bits per heavy atom. The van der Waals surface area contributed by atoms with Crippen molar-refractivity contribution in [2.24, 2.45) is 0 Å². The van der Waals surface area contributed by atoms with Crippen LogP contribution in [-0.2, 0) is 16.6 Å². The summed E-state index contributed by atoms with van der Waals surface area (Å²) in [4.78, 5) is 0.145. The van der Waals surface area contributed by atoms with Gasteiger partial charge < -0.3 is 4.52 Å².